The Labute approximate surface area is 167 Å². The van der Waals surface area contributed by atoms with Crippen LogP contribution in [0, 0.1) is 0 Å². The molecule has 1 aliphatic heterocycles. The number of pyridine rings is 1. The average molecular weight is 417 g/mol. The number of hydrogen-bond donors (Lipinski definition) is 0. The van der Waals surface area contributed by atoms with E-state index in [4.69, 9.17) is 16.3 Å². The Balaban J connectivity index is 1.76. The molecule has 3 aromatic rings. The highest BCUT2D eigenvalue weighted by Gasteiger charge is 2.26. The molecule has 6 nitrogen and oxygen atoms in total. The number of methoxy groups -OCH3 is 1. The molecule has 0 bridgehead atoms. The summed E-state index contributed by atoms with van der Waals surface area (Å²) in [7, 11) is -2.02. The minimum Gasteiger partial charge on any atom is -0.465 e. The number of carbonyl (C=O) groups excluding carboxylic acids is 1. The zero-order chi connectivity index (χ0) is 19.9. The van der Waals surface area contributed by atoms with Gasteiger partial charge in [-0.25, -0.2) is 18.2 Å². The number of ether oxygens (including phenoxy) is 1. The zero-order valence-electron chi connectivity index (χ0n) is 15.1. The molecule has 0 amide bonds. The van der Waals surface area contributed by atoms with Crippen LogP contribution in [0.2, 0.25) is 5.02 Å². The van der Waals surface area contributed by atoms with Gasteiger partial charge in [0.15, 0.2) is 9.84 Å². The van der Waals surface area contributed by atoms with Crippen LogP contribution in [-0.4, -0.2) is 38.8 Å². The largest absolute Gasteiger partial charge is 0.465 e. The Bertz CT molecular complexity index is 1190. The number of esters is 1. The number of fused-ring (bicyclic) bond motifs is 2. The van der Waals surface area contributed by atoms with E-state index in [-0.39, 0.29) is 5.75 Å². The smallest absolute Gasteiger partial charge is 0.337 e. The predicted octanol–water partition coefficient (Wildman–Crippen LogP) is 3.47. The Morgan fingerprint density at radius 1 is 1.18 bits per heavy atom. The zero-order valence-corrected chi connectivity index (χ0v) is 16.6. The summed E-state index contributed by atoms with van der Waals surface area (Å²) in [6.45, 7) is 0.733. The summed E-state index contributed by atoms with van der Waals surface area (Å²) in [5, 5.41) is 1.07. The van der Waals surface area contributed by atoms with Crippen molar-refractivity contribution >= 4 is 44.1 Å². The van der Waals surface area contributed by atoms with Gasteiger partial charge in [0.1, 0.15) is 5.82 Å². The van der Waals surface area contributed by atoms with E-state index in [1.807, 2.05) is 17.0 Å². The van der Waals surface area contributed by atoms with Gasteiger partial charge in [0.2, 0.25) is 0 Å². The quantitative estimate of drug-likeness (QED) is 0.595. The number of hydrogen-bond acceptors (Lipinski definition) is 6. The van der Waals surface area contributed by atoms with E-state index < -0.39 is 15.8 Å². The summed E-state index contributed by atoms with van der Waals surface area (Å²) in [6, 6.07) is 13.7. The maximum absolute atomic E-state index is 12.6. The molecule has 0 saturated carbocycles. The van der Waals surface area contributed by atoms with Gasteiger partial charge in [-0.05, 0) is 35.9 Å². The second-order valence-corrected chi connectivity index (χ2v) is 9.02. The van der Waals surface area contributed by atoms with Crippen molar-refractivity contribution in [3.63, 3.8) is 0 Å². The van der Waals surface area contributed by atoms with E-state index in [0.29, 0.717) is 45.3 Å². The van der Waals surface area contributed by atoms with Crippen molar-refractivity contribution in [2.24, 2.45) is 0 Å². The standard InChI is InChI=1S/C20H17ClN2O4S/c1-27-20(24)13-6-7-17-15(10-13)16(21)11-19(22-17)23-8-9-28(25,26)18-5-3-2-4-14(18)12-23/h2-7,10-11H,8-9,12H2,1H3. The Kier molecular flexibility index (Phi) is 4.72. The molecule has 0 spiro atoms. The molecule has 0 N–H and O–H groups in total. The van der Waals surface area contributed by atoms with Gasteiger partial charge in [-0.15, -0.1) is 0 Å². The molecule has 2 heterocycles. The van der Waals surface area contributed by atoms with Gasteiger partial charge in [0.25, 0.3) is 0 Å². The van der Waals surface area contributed by atoms with Crippen LogP contribution in [0.4, 0.5) is 5.82 Å². The van der Waals surface area contributed by atoms with Crippen molar-refractivity contribution in [2.75, 3.05) is 24.3 Å². The molecule has 0 aliphatic carbocycles. The fourth-order valence-electron chi connectivity index (χ4n) is 3.34. The van der Waals surface area contributed by atoms with Crippen LogP contribution in [0.1, 0.15) is 15.9 Å². The number of rotatable bonds is 2. The highest BCUT2D eigenvalue weighted by molar-refractivity contribution is 7.91. The second kappa shape index (κ2) is 7.07. The predicted molar refractivity (Wildman–Crippen MR) is 108 cm³/mol. The Hall–Kier alpha value is -2.64. The lowest BCUT2D eigenvalue weighted by Gasteiger charge is -2.22. The number of nitrogens with zero attached hydrogens (tertiary/aromatic N) is 2. The Morgan fingerprint density at radius 2 is 1.96 bits per heavy atom. The minimum absolute atomic E-state index is 0.00261. The second-order valence-electron chi connectivity index (χ2n) is 6.53. The normalized spacial score (nSPS) is 15.7. The molecular formula is C20H17ClN2O4S. The van der Waals surface area contributed by atoms with Gasteiger partial charge < -0.3 is 9.64 Å². The van der Waals surface area contributed by atoms with Crippen LogP contribution in [-0.2, 0) is 21.1 Å². The lowest BCUT2D eigenvalue weighted by molar-refractivity contribution is 0.0601. The maximum atomic E-state index is 12.6. The van der Waals surface area contributed by atoms with Gasteiger partial charge >= 0.3 is 5.97 Å². The molecule has 144 valence electrons. The third-order valence-corrected chi connectivity index (χ3v) is 6.89. The Morgan fingerprint density at radius 3 is 2.75 bits per heavy atom. The molecule has 0 unspecified atom stereocenters. The molecule has 1 aromatic heterocycles. The fourth-order valence-corrected chi connectivity index (χ4v) is 5.08. The van der Waals surface area contributed by atoms with Crippen molar-refractivity contribution in [1.82, 2.24) is 4.98 Å². The highest BCUT2D eigenvalue weighted by atomic mass is 35.5. The molecule has 4 rings (SSSR count). The van der Waals surface area contributed by atoms with Crippen molar-refractivity contribution in [3.8, 4) is 0 Å². The third-order valence-electron chi connectivity index (χ3n) is 4.79. The summed E-state index contributed by atoms with van der Waals surface area (Å²) < 4.78 is 29.9. The van der Waals surface area contributed by atoms with Crippen LogP contribution < -0.4 is 4.90 Å². The SMILES string of the molecule is COC(=O)c1ccc2nc(N3CCS(=O)(=O)c4ccccc4C3)cc(Cl)c2c1. The van der Waals surface area contributed by atoms with Crippen molar-refractivity contribution in [2.45, 2.75) is 11.4 Å². The number of carbonyl (C=O) groups is 1. The number of benzene rings is 2. The highest BCUT2D eigenvalue weighted by Crippen LogP contribution is 2.31. The minimum atomic E-state index is -3.34. The molecule has 0 fully saturated rings. The number of anilines is 1. The molecule has 28 heavy (non-hydrogen) atoms. The first-order valence-electron chi connectivity index (χ1n) is 8.63. The van der Waals surface area contributed by atoms with Crippen molar-refractivity contribution in [1.29, 1.82) is 0 Å². The van der Waals surface area contributed by atoms with E-state index in [1.54, 1.807) is 36.4 Å². The van der Waals surface area contributed by atoms with Crippen molar-refractivity contribution < 1.29 is 17.9 Å². The first kappa shape index (κ1) is 18.7. The molecule has 0 radical (unpaired) electrons. The van der Waals surface area contributed by atoms with Crippen LogP contribution in [0.15, 0.2) is 53.4 Å². The third kappa shape index (κ3) is 3.31. The van der Waals surface area contributed by atoms with Crippen LogP contribution in [0.25, 0.3) is 10.9 Å². The lowest BCUT2D eigenvalue weighted by Crippen LogP contribution is -2.26. The molecule has 2 aromatic carbocycles. The number of sulfone groups is 1. The van der Waals surface area contributed by atoms with E-state index >= 15 is 0 Å². The fraction of sp³-hybridized carbons (Fsp3) is 0.200. The van der Waals surface area contributed by atoms with Gasteiger partial charge in [0.05, 0.1) is 33.9 Å². The molecule has 0 atom stereocenters. The van der Waals surface area contributed by atoms with Gasteiger partial charge in [-0.2, -0.15) is 0 Å². The van der Waals surface area contributed by atoms with E-state index in [0.717, 1.165) is 5.56 Å². The maximum Gasteiger partial charge on any atom is 0.337 e. The van der Waals surface area contributed by atoms with Gasteiger partial charge in [0, 0.05) is 18.5 Å². The average Bonchev–Trinajstić information content (AvgIpc) is 2.83. The molecule has 0 saturated heterocycles. The number of aromatic nitrogens is 1. The van der Waals surface area contributed by atoms with E-state index in [2.05, 4.69) is 4.98 Å². The summed E-state index contributed by atoms with van der Waals surface area (Å²) in [4.78, 5) is 18.7. The van der Waals surface area contributed by atoms with Crippen LogP contribution >= 0.6 is 11.6 Å². The summed E-state index contributed by atoms with van der Waals surface area (Å²) in [6.07, 6.45) is 0. The first-order valence-corrected chi connectivity index (χ1v) is 10.7. The topological polar surface area (TPSA) is 76.6 Å². The molecule has 1 aliphatic rings. The van der Waals surface area contributed by atoms with Crippen LogP contribution in [0.5, 0.6) is 0 Å². The first-order chi connectivity index (χ1) is 13.4. The summed E-state index contributed by atoms with van der Waals surface area (Å²) in [5.41, 5.74) is 1.75. The van der Waals surface area contributed by atoms with E-state index in [9.17, 15) is 13.2 Å². The van der Waals surface area contributed by atoms with Gasteiger partial charge in [-0.3, -0.25) is 0 Å². The van der Waals surface area contributed by atoms with Crippen LogP contribution in [0.3, 0.4) is 0 Å². The van der Waals surface area contributed by atoms with Gasteiger partial charge in [-0.1, -0.05) is 29.8 Å². The molecule has 8 heteroatoms. The number of halogens is 1. The molecular weight excluding hydrogens is 400 g/mol. The summed E-state index contributed by atoms with van der Waals surface area (Å²) >= 11 is 6.46. The lowest BCUT2D eigenvalue weighted by atomic mass is 10.1. The van der Waals surface area contributed by atoms with Crippen molar-refractivity contribution in [3.05, 3.63) is 64.7 Å². The monoisotopic (exact) mass is 416 g/mol. The summed E-state index contributed by atoms with van der Waals surface area (Å²) in [5.74, 6) is 0.148. The van der Waals surface area contributed by atoms with E-state index in [1.165, 1.54) is 7.11 Å².